The molecule has 1 heterocycles. The molecule has 0 spiro atoms. The molecule has 0 unspecified atom stereocenters. The van der Waals surface area contributed by atoms with Crippen LogP contribution in [0.4, 0.5) is 0 Å². The van der Waals surface area contributed by atoms with Gasteiger partial charge in [0.1, 0.15) is 6.07 Å². The van der Waals surface area contributed by atoms with E-state index in [1.54, 1.807) is 29.3 Å². The smallest absolute Gasteiger partial charge is 0.203 e. The minimum atomic E-state index is -0.221. The van der Waals surface area contributed by atoms with Gasteiger partial charge in [-0.3, -0.25) is 4.79 Å². The standard InChI is InChI=1S/C16H13Cl2N3O/c1-21(2)6-5-15(22)14-7-10(9-19)16(20-14)12-4-3-11(17)8-13(12)18/h3-8,20H,1-2H3. The van der Waals surface area contributed by atoms with Crippen LogP contribution < -0.4 is 0 Å². The molecule has 0 aliphatic heterocycles. The van der Waals surface area contributed by atoms with E-state index in [0.29, 0.717) is 32.6 Å². The van der Waals surface area contributed by atoms with E-state index in [9.17, 15) is 10.1 Å². The van der Waals surface area contributed by atoms with Crippen molar-refractivity contribution in [3.63, 3.8) is 0 Å². The fourth-order valence-corrected chi connectivity index (χ4v) is 2.39. The minimum absolute atomic E-state index is 0.221. The number of rotatable bonds is 4. The van der Waals surface area contributed by atoms with Crippen LogP contribution in [0.1, 0.15) is 16.1 Å². The maximum absolute atomic E-state index is 12.1. The van der Waals surface area contributed by atoms with E-state index < -0.39 is 0 Å². The van der Waals surface area contributed by atoms with E-state index in [4.69, 9.17) is 23.2 Å². The molecular weight excluding hydrogens is 321 g/mol. The molecule has 6 heteroatoms. The predicted octanol–water partition coefficient (Wildman–Crippen LogP) is 4.12. The van der Waals surface area contributed by atoms with E-state index in [-0.39, 0.29) is 5.78 Å². The first kappa shape index (κ1) is 16.2. The number of ketones is 1. The molecule has 1 N–H and O–H groups in total. The summed E-state index contributed by atoms with van der Waals surface area (Å²) in [5.74, 6) is -0.221. The van der Waals surface area contributed by atoms with Crippen LogP contribution in [0, 0.1) is 11.3 Å². The van der Waals surface area contributed by atoms with Gasteiger partial charge in [0.25, 0.3) is 0 Å². The number of nitriles is 1. The molecule has 2 aromatic rings. The van der Waals surface area contributed by atoms with Crippen LogP contribution in [0.2, 0.25) is 10.0 Å². The zero-order chi connectivity index (χ0) is 16.3. The van der Waals surface area contributed by atoms with Gasteiger partial charge in [0.2, 0.25) is 5.78 Å². The number of carbonyl (C=O) groups excluding carboxylic acids is 1. The molecule has 0 atom stereocenters. The summed E-state index contributed by atoms with van der Waals surface area (Å²) in [7, 11) is 3.64. The Kier molecular flexibility index (Phi) is 4.92. The quantitative estimate of drug-likeness (QED) is 0.676. The lowest BCUT2D eigenvalue weighted by atomic mass is 10.1. The van der Waals surface area contributed by atoms with Crippen LogP contribution in [0.25, 0.3) is 11.3 Å². The number of hydrogen-bond donors (Lipinski definition) is 1. The number of benzene rings is 1. The molecule has 22 heavy (non-hydrogen) atoms. The molecule has 0 amide bonds. The zero-order valence-electron chi connectivity index (χ0n) is 12.0. The average molecular weight is 334 g/mol. The van der Waals surface area contributed by atoms with E-state index in [0.717, 1.165) is 0 Å². The summed E-state index contributed by atoms with van der Waals surface area (Å²) in [5.41, 5.74) is 1.81. The summed E-state index contributed by atoms with van der Waals surface area (Å²) >= 11 is 12.0. The minimum Gasteiger partial charge on any atom is -0.383 e. The van der Waals surface area contributed by atoms with Crippen LogP contribution in [-0.4, -0.2) is 29.8 Å². The van der Waals surface area contributed by atoms with Gasteiger partial charge in [-0.2, -0.15) is 5.26 Å². The number of nitrogens with zero attached hydrogens (tertiary/aromatic N) is 2. The lowest BCUT2D eigenvalue weighted by Gasteiger charge is -2.03. The molecule has 0 saturated carbocycles. The topological polar surface area (TPSA) is 59.9 Å². The summed E-state index contributed by atoms with van der Waals surface area (Å²) in [4.78, 5) is 16.8. The van der Waals surface area contributed by atoms with Crippen molar-refractivity contribution in [1.29, 1.82) is 5.26 Å². The van der Waals surface area contributed by atoms with E-state index >= 15 is 0 Å². The first-order chi connectivity index (χ1) is 10.4. The molecule has 4 nitrogen and oxygen atoms in total. The number of aromatic amines is 1. The van der Waals surface area contributed by atoms with Gasteiger partial charge >= 0.3 is 0 Å². The van der Waals surface area contributed by atoms with Gasteiger partial charge in [-0.1, -0.05) is 23.2 Å². The third kappa shape index (κ3) is 3.51. The Hall–Kier alpha value is -2.22. The maximum Gasteiger partial charge on any atom is 0.203 e. The monoisotopic (exact) mass is 333 g/mol. The Labute approximate surface area is 138 Å². The molecule has 0 aliphatic carbocycles. The van der Waals surface area contributed by atoms with E-state index in [2.05, 4.69) is 11.1 Å². The van der Waals surface area contributed by atoms with Crippen molar-refractivity contribution in [2.75, 3.05) is 14.1 Å². The highest BCUT2D eigenvalue weighted by atomic mass is 35.5. The lowest BCUT2D eigenvalue weighted by Crippen LogP contribution is -2.03. The zero-order valence-corrected chi connectivity index (χ0v) is 13.5. The highest BCUT2D eigenvalue weighted by molar-refractivity contribution is 6.36. The number of aromatic nitrogens is 1. The van der Waals surface area contributed by atoms with Crippen LogP contribution >= 0.6 is 23.2 Å². The molecule has 1 aromatic carbocycles. The molecule has 0 saturated heterocycles. The fraction of sp³-hybridized carbons (Fsp3) is 0.125. The molecule has 0 bridgehead atoms. The highest BCUT2D eigenvalue weighted by Gasteiger charge is 2.15. The van der Waals surface area contributed by atoms with Gasteiger partial charge in [-0.05, 0) is 24.3 Å². The van der Waals surface area contributed by atoms with Crippen LogP contribution in [0.5, 0.6) is 0 Å². The van der Waals surface area contributed by atoms with Crippen molar-refractivity contribution >= 4 is 29.0 Å². The van der Waals surface area contributed by atoms with Crippen molar-refractivity contribution in [3.05, 3.63) is 57.8 Å². The Bertz CT molecular complexity index is 785. The molecule has 0 radical (unpaired) electrons. The normalized spacial score (nSPS) is 10.7. The first-order valence-electron chi connectivity index (χ1n) is 6.40. The second-order valence-electron chi connectivity index (χ2n) is 4.85. The summed E-state index contributed by atoms with van der Waals surface area (Å²) in [5, 5.41) is 10.2. The van der Waals surface area contributed by atoms with Crippen LogP contribution in [0.15, 0.2) is 36.5 Å². The van der Waals surface area contributed by atoms with Crippen molar-refractivity contribution in [3.8, 4) is 17.3 Å². The largest absolute Gasteiger partial charge is 0.383 e. The van der Waals surface area contributed by atoms with Gasteiger partial charge in [0.05, 0.1) is 22.0 Å². The van der Waals surface area contributed by atoms with Crippen molar-refractivity contribution in [2.45, 2.75) is 0 Å². The molecule has 2 rings (SSSR count). The van der Waals surface area contributed by atoms with Gasteiger partial charge in [0, 0.05) is 37.0 Å². The van der Waals surface area contributed by atoms with E-state index in [1.165, 1.54) is 12.1 Å². The summed E-state index contributed by atoms with van der Waals surface area (Å²) in [6.45, 7) is 0. The van der Waals surface area contributed by atoms with E-state index in [1.807, 2.05) is 14.1 Å². The Morgan fingerprint density at radius 2 is 2.05 bits per heavy atom. The molecule has 1 aromatic heterocycles. The van der Waals surface area contributed by atoms with Crippen LogP contribution in [0.3, 0.4) is 0 Å². The molecule has 112 valence electrons. The van der Waals surface area contributed by atoms with Crippen LogP contribution in [-0.2, 0) is 0 Å². The Balaban J connectivity index is 2.46. The number of H-pyrrole nitrogens is 1. The fourth-order valence-electron chi connectivity index (χ4n) is 1.89. The molecule has 0 aliphatic rings. The SMILES string of the molecule is CN(C)C=CC(=O)c1cc(C#N)c(-c2ccc(Cl)cc2Cl)[nH]1. The summed E-state index contributed by atoms with van der Waals surface area (Å²) in [6.07, 6.45) is 3.07. The summed E-state index contributed by atoms with van der Waals surface area (Å²) in [6, 6.07) is 8.56. The number of allylic oxidation sites excluding steroid dienone is 1. The number of hydrogen-bond acceptors (Lipinski definition) is 3. The first-order valence-corrected chi connectivity index (χ1v) is 7.15. The van der Waals surface area contributed by atoms with Gasteiger partial charge in [-0.25, -0.2) is 0 Å². The van der Waals surface area contributed by atoms with Crippen molar-refractivity contribution in [2.24, 2.45) is 0 Å². The maximum atomic E-state index is 12.1. The number of halogens is 2. The van der Waals surface area contributed by atoms with Gasteiger partial charge < -0.3 is 9.88 Å². The van der Waals surface area contributed by atoms with Crippen molar-refractivity contribution < 1.29 is 4.79 Å². The molecule has 0 fully saturated rings. The lowest BCUT2D eigenvalue weighted by molar-refractivity contribution is 0.104. The second-order valence-corrected chi connectivity index (χ2v) is 5.69. The van der Waals surface area contributed by atoms with Crippen molar-refractivity contribution in [1.82, 2.24) is 9.88 Å². The second kappa shape index (κ2) is 6.69. The Morgan fingerprint density at radius 3 is 2.64 bits per heavy atom. The third-order valence-electron chi connectivity index (χ3n) is 2.93. The van der Waals surface area contributed by atoms with Gasteiger partial charge in [-0.15, -0.1) is 0 Å². The summed E-state index contributed by atoms with van der Waals surface area (Å²) < 4.78 is 0. The third-order valence-corrected chi connectivity index (χ3v) is 3.48. The highest BCUT2D eigenvalue weighted by Crippen LogP contribution is 2.32. The number of carbonyl (C=O) groups is 1. The number of nitrogens with one attached hydrogen (secondary N) is 1. The Morgan fingerprint density at radius 1 is 1.32 bits per heavy atom. The van der Waals surface area contributed by atoms with Gasteiger partial charge in [0.15, 0.2) is 0 Å². The average Bonchev–Trinajstić information content (AvgIpc) is 2.88. The molecular formula is C16H13Cl2N3O. The predicted molar refractivity (Wildman–Crippen MR) is 88.1 cm³/mol.